The molecule has 4 heteroatoms. The molecule has 42 heavy (non-hydrogen) atoms. The van der Waals surface area contributed by atoms with Gasteiger partial charge in [-0.05, 0) is 35.7 Å². The van der Waals surface area contributed by atoms with Crippen LogP contribution >= 0.6 is 0 Å². The zero-order valence-electron chi connectivity index (χ0n) is 22.6. The average molecular weight is 537 g/mol. The van der Waals surface area contributed by atoms with Crippen LogP contribution in [0.5, 0.6) is 0 Å². The van der Waals surface area contributed by atoms with Gasteiger partial charge in [-0.2, -0.15) is 0 Å². The van der Waals surface area contributed by atoms with Crippen LogP contribution in [-0.2, 0) is 0 Å². The Kier molecular flexibility index (Phi) is 5.75. The standard InChI is InChI=1S/C38H24N4/c1-3-9-31-30(8-1)23-36(27-15-13-26(14-16-27)33-22-21-25-7-2-4-10-32(25)40-33)42-38(31)29-19-17-28(18-20-29)37-24-39-34-11-5-6-12-35(34)41-37/h1-24H. The highest BCUT2D eigenvalue weighted by Gasteiger charge is 2.12. The molecule has 0 saturated heterocycles. The van der Waals surface area contributed by atoms with Crippen LogP contribution in [0, 0.1) is 0 Å². The molecule has 0 aliphatic heterocycles. The quantitative estimate of drug-likeness (QED) is 0.225. The van der Waals surface area contributed by atoms with Gasteiger partial charge in [0.15, 0.2) is 0 Å². The largest absolute Gasteiger partial charge is 0.252 e. The Morgan fingerprint density at radius 1 is 0.357 bits per heavy atom. The monoisotopic (exact) mass is 536 g/mol. The summed E-state index contributed by atoms with van der Waals surface area (Å²) in [6.07, 6.45) is 1.84. The molecule has 0 N–H and O–H groups in total. The molecule has 0 amide bonds. The van der Waals surface area contributed by atoms with Gasteiger partial charge in [0.1, 0.15) is 0 Å². The fourth-order valence-electron chi connectivity index (χ4n) is 5.50. The summed E-state index contributed by atoms with van der Waals surface area (Å²) in [5.74, 6) is 0. The van der Waals surface area contributed by atoms with E-state index in [1.807, 2.05) is 42.6 Å². The molecule has 8 aromatic rings. The second-order valence-electron chi connectivity index (χ2n) is 10.4. The molecule has 0 atom stereocenters. The van der Waals surface area contributed by atoms with Crippen LogP contribution in [0.25, 0.3) is 77.7 Å². The Morgan fingerprint density at radius 3 is 1.71 bits per heavy atom. The van der Waals surface area contributed by atoms with E-state index in [0.29, 0.717) is 0 Å². The molecule has 5 aromatic carbocycles. The molecule has 3 aromatic heterocycles. The topological polar surface area (TPSA) is 51.6 Å². The lowest BCUT2D eigenvalue weighted by atomic mass is 9.99. The van der Waals surface area contributed by atoms with Crippen LogP contribution in [0.3, 0.4) is 0 Å². The van der Waals surface area contributed by atoms with Crippen LogP contribution in [0.15, 0.2) is 146 Å². The minimum absolute atomic E-state index is 0.854. The highest BCUT2D eigenvalue weighted by atomic mass is 14.8. The predicted molar refractivity (Wildman–Crippen MR) is 172 cm³/mol. The first kappa shape index (κ1) is 24.1. The van der Waals surface area contributed by atoms with E-state index < -0.39 is 0 Å². The van der Waals surface area contributed by atoms with Gasteiger partial charge in [-0.3, -0.25) is 4.98 Å². The number of benzene rings is 5. The van der Waals surface area contributed by atoms with Crippen molar-refractivity contribution in [3.63, 3.8) is 0 Å². The SMILES string of the molecule is c1ccc2nc(-c3ccc(-c4cc5ccccc5c(-c5ccc(-c6cnc7ccccc7n6)cc5)n4)cc3)ccc2c1. The number of hydrogen-bond donors (Lipinski definition) is 0. The number of rotatable bonds is 4. The lowest BCUT2D eigenvalue weighted by molar-refractivity contribution is 1.29. The summed E-state index contributed by atoms with van der Waals surface area (Å²) >= 11 is 0. The summed E-state index contributed by atoms with van der Waals surface area (Å²) in [5.41, 5.74) is 10.7. The van der Waals surface area contributed by atoms with E-state index in [9.17, 15) is 0 Å². The molecule has 0 spiro atoms. The fraction of sp³-hybridized carbons (Fsp3) is 0. The number of aromatic nitrogens is 4. The number of para-hydroxylation sites is 3. The summed E-state index contributed by atoms with van der Waals surface area (Å²) in [6.45, 7) is 0. The molecule has 196 valence electrons. The van der Waals surface area contributed by atoms with Gasteiger partial charge in [0.25, 0.3) is 0 Å². The van der Waals surface area contributed by atoms with Crippen molar-refractivity contribution in [1.82, 2.24) is 19.9 Å². The Hall–Kier alpha value is -5.74. The zero-order valence-corrected chi connectivity index (χ0v) is 22.6. The number of fused-ring (bicyclic) bond motifs is 3. The normalized spacial score (nSPS) is 11.3. The second-order valence-corrected chi connectivity index (χ2v) is 10.4. The van der Waals surface area contributed by atoms with E-state index in [-0.39, 0.29) is 0 Å². The highest BCUT2D eigenvalue weighted by Crippen LogP contribution is 2.33. The molecular formula is C38H24N4. The van der Waals surface area contributed by atoms with Gasteiger partial charge >= 0.3 is 0 Å². The Bertz CT molecular complexity index is 2240. The molecule has 0 saturated carbocycles. The Morgan fingerprint density at radius 2 is 0.929 bits per heavy atom. The predicted octanol–water partition coefficient (Wildman–Crippen LogP) is 9.39. The van der Waals surface area contributed by atoms with Gasteiger partial charge in [0.05, 0.1) is 45.5 Å². The molecule has 0 aliphatic rings. The van der Waals surface area contributed by atoms with Crippen molar-refractivity contribution in [1.29, 1.82) is 0 Å². The third-order valence-electron chi connectivity index (χ3n) is 7.72. The summed E-state index contributed by atoms with van der Waals surface area (Å²) < 4.78 is 0. The molecule has 3 heterocycles. The molecule has 4 nitrogen and oxygen atoms in total. The molecule has 0 bridgehead atoms. The lowest BCUT2D eigenvalue weighted by Crippen LogP contribution is -1.92. The second kappa shape index (κ2) is 10.0. The van der Waals surface area contributed by atoms with Crippen LogP contribution in [0.1, 0.15) is 0 Å². The first-order valence-electron chi connectivity index (χ1n) is 14.0. The van der Waals surface area contributed by atoms with E-state index in [1.54, 1.807) is 0 Å². The first-order chi connectivity index (χ1) is 20.8. The maximum atomic E-state index is 5.18. The summed E-state index contributed by atoms with van der Waals surface area (Å²) in [5, 5.41) is 3.42. The molecule has 0 unspecified atom stereocenters. The zero-order chi connectivity index (χ0) is 27.9. The minimum Gasteiger partial charge on any atom is -0.252 e. The molecular weight excluding hydrogens is 512 g/mol. The minimum atomic E-state index is 0.854. The van der Waals surface area contributed by atoms with Gasteiger partial charge in [0, 0.05) is 33.0 Å². The van der Waals surface area contributed by atoms with Crippen molar-refractivity contribution in [3.05, 3.63) is 146 Å². The van der Waals surface area contributed by atoms with Crippen molar-refractivity contribution < 1.29 is 0 Å². The number of pyridine rings is 2. The van der Waals surface area contributed by atoms with Gasteiger partial charge in [0.2, 0.25) is 0 Å². The van der Waals surface area contributed by atoms with Gasteiger partial charge < -0.3 is 0 Å². The van der Waals surface area contributed by atoms with Crippen molar-refractivity contribution >= 4 is 32.7 Å². The van der Waals surface area contributed by atoms with E-state index in [0.717, 1.165) is 77.7 Å². The van der Waals surface area contributed by atoms with Crippen LogP contribution in [0.4, 0.5) is 0 Å². The third kappa shape index (κ3) is 4.36. The summed E-state index contributed by atoms with van der Waals surface area (Å²) in [4.78, 5) is 19.4. The van der Waals surface area contributed by atoms with Crippen molar-refractivity contribution in [3.8, 4) is 45.0 Å². The smallest absolute Gasteiger partial charge is 0.0894 e. The van der Waals surface area contributed by atoms with Crippen LogP contribution in [0.2, 0.25) is 0 Å². The Labute approximate surface area is 243 Å². The fourth-order valence-corrected chi connectivity index (χ4v) is 5.50. The lowest BCUT2D eigenvalue weighted by Gasteiger charge is -2.11. The van der Waals surface area contributed by atoms with Crippen LogP contribution in [-0.4, -0.2) is 19.9 Å². The van der Waals surface area contributed by atoms with Crippen molar-refractivity contribution in [2.24, 2.45) is 0 Å². The van der Waals surface area contributed by atoms with Gasteiger partial charge in [-0.1, -0.05) is 109 Å². The van der Waals surface area contributed by atoms with E-state index in [1.165, 1.54) is 0 Å². The van der Waals surface area contributed by atoms with Crippen molar-refractivity contribution in [2.45, 2.75) is 0 Å². The number of hydrogen-bond acceptors (Lipinski definition) is 4. The highest BCUT2D eigenvalue weighted by molar-refractivity contribution is 5.97. The third-order valence-corrected chi connectivity index (χ3v) is 7.72. The van der Waals surface area contributed by atoms with E-state index >= 15 is 0 Å². The molecule has 0 aliphatic carbocycles. The van der Waals surface area contributed by atoms with Crippen molar-refractivity contribution in [2.75, 3.05) is 0 Å². The van der Waals surface area contributed by atoms with Gasteiger partial charge in [-0.15, -0.1) is 0 Å². The Balaban J connectivity index is 1.16. The maximum absolute atomic E-state index is 5.18. The van der Waals surface area contributed by atoms with Crippen LogP contribution < -0.4 is 0 Å². The summed E-state index contributed by atoms with van der Waals surface area (Å²) in [6, 6.07) is 47.9. The summed E-state index contributed by atoms with van der Waals surface area (Å²) in [7, 11) is 0. The maximum Gasteiger partial charge on any atom is 0.0894 e. The first-order valence-corrected chi connectivity index (χ1v) is 14.0. The average Bonchev–Trinajstić information content (AvgIpc) is 3.07. The molecule has 0 radical (unpaired) electrons. The van der Waals surface area contributed by atoms with E-state index in [2.05, 4.69) is 108 Å². The van der Waals surface area contributed by atoms with Gasteiger partial charge in [-0.25, -0.2) is 15.0 Å². The van der Waals surface area contributed by atoms with E-state index in [4.69, 9.17) is 15.0 Å². The number of nitrogens with zero attached hydrogens (tertiary/aromatic N) is 4. The molecule has 0 fully saturated rings. The molecule has 8 rings (SSSR count).